The summed E-state index contributed by atoms with van der Waals surface area (Å²) in [6.45, 7) is 2.31. The van der Waals surface area contributed by atoms with Gasteiger partial charge >= 0.3 is 0 Å². The molecule has 0 atom stereocenters. The fraction of sp³-hybridized carbons (Fsp3) is 0.364. The molecule has 4 rings (SSSR count). The molecule has 0 saturated carbocycles. The van der Waals surface area contributed by atoms with Crippen molar-refractivity contribution in [3.8, 4) is 11.5 Å². The summed E-state index contributed by atoms with van der Waals surface area (Å²) in [5.41, 5.74) is 1.68. The van der Waals surface area contributed by atoms with Crippen molar-refractivity contribution in [3.63, 3.8) is 0 Å². The van der Waals surface area contributed by atoms with Gasteiger partial charge in [0.2, 0.25) is 15.9 Å². The third kappa shape index (κ3) is 4.28. The van der Waals surface area contributed by atoms with Gasteiger partial charge in [-0.15, -0.1) is 0 Å². The van der Waals surface area contributed by atoms with Gasteiger partial charge < -0.3 is 14.8 Å². The number of aryl methyl sites for hydroxylation is 1. The number of hydrogen-bond acceptors (Lipinski definition) is 6. The molecule has 2 aromatic carbocycles. The van der Waals surface area contributed by atoms with Crippen LogP contribution in [0, 0.1) is 6.92 Å². The second-order valence-corrected chi connectivity index (χ2v) is 9.70. The van der Waals surface area contributed by atoms with E-state index in [-0.39, 0.29) is 23.7 Å². The molecular formula is C22H25N3O6S. The summed E-state index contributed by atoms with van der Waals surface area (Å²) in [5.74, 6) is -0.0231. The van der Waals surface area contributed by atoms with Gasteiger partial charge in [0.1, 0.15) is 18.0 Å². The molecule has 0 radical (unpaired) electrons. The minimum absolute atomic E-state index is 0.0715. The highest BCUT2D eigenvalue weighted by Gasteiger charge is 2.32. The molecule has 2 aromatic rings. The van der Waals surface area contributed by atoms with Crippen molar-refractivity contribution in [1.29, 1.82) is 0 Å². The molecule has 2 heterocycles. The molecule has 1 fully saturated rings. The topological polar surface area (TPSA) is 105 Å². The number of carbonyl (C=O) groups excluding carboxylic acids is 2. The van der Waals surface area contributed by atoms with Crippen LogP contribution in [0.4, 0.5) is 11.4 Å². The number of hydrogen-bond donors (Lipinski definition) is 1. The van der Waals surface area contributed by atoms with Crippen molar-refractivity contribution in [2.45, 2.75) is 24.7 Å². The van der Waals surface area contributed by atoms with Crippen LogP contribution in [0.5, 0.6) is 11.5 Å². The zero-order valence-electron chi connectivity index (χ0n) is 18.0. The first-order valence-electron chi connectivity index (χ1n) is 10.3. The highest BCUT2D eigenvalue weighted by molar-refractivity contribution is 7.89. The van der Waals surface area contributed by atoms with Crippen LogP contribution in [0.2, 0.25) is 0 Å². The summed E-state index contributed by atoms with van der Waals surface area (Å²) in [4.78, 5) is 26.7. The number of amides is 2. The Morgan fingerprint density at radius 1 is 1.16 bits per heavy atom. The zero-order valence-corrected chi connectivity index (χ0v) is 18.8. The smallest absolute Gasteiger partial charge is 0.265 e. The molecule has 10 heteroatoms. The van der Waals surface area contributed by atoms with E-state index in [0.29, 0.717) is 30.3 Å². The number of ether oxygens (including phenoxy) is 2. The Morgan fingerprint density at radius 2 is 1.91 bits per heavy atom. The van der Waals surface area contributed by atoms with E-state index in [1.54, 1.807) is 12.1 Å². The number of rotatable bonds is 6. The van der Waals surface area contributed by atoms with E-state index in [1.807, 2.05) is 13.0 Å². The van der Waals surface area contributed by atoms with E-state index in [0.717, 1.165) is 18.4 Å². The van der Waals surface area contributed by atoms with Crippen LogP contribution in [0.3, 0.4) is 0 Å². The van der Waals surface area contributed by atoms with E-state index in [9.17, 15) is 18.0 Å². The number of carbonyl (C=O) groups is 2. The Labute approximate surface area is 187 Å². The van der Waals surface area contributed by atoms with Gasteiger partial charge in [-0.2, -0.15) is 4.31 Å². The van der Waals surface area contributed by atoms with Gasteiger partial charge in [-0.3, -0.25) is 14.5 Å². The van der Waals surface area contributed by atoms with Gasteiger partial charge in [0, 0.05) is 13.1 Å². The van der Waals surface area contributed by atoms with Crippen LogP contribution < -0.4 is 19.7 Å². The van der Waals surface area contributed by atoms with Gasteiger partial charge in [-0.25, -0.2) is 8.42 Å². The number of sulfonamides is 1. The molecule has 2 amide bonds. The second-order valence-electron chi connectivity index (χ2n) is 7.76. The van der Waals surface area contributed by atoms with Crippen LogP contribution in [0.15, 0.2) is 41.3 Å². The molecule has 9 nitrogen and oxygen atoms in total. The molecular weight excluding hydrogens is 434 g/mol. The average molecular weight is 460 g/mol. The summed E-state index contributed by atoms with van der Waals surface area (Å²) in [7, 11) is -2.18. The molecule has 32 heavy (non-hydrogen) atoms. The molecule has 2 aliphatic heterocycles. The third-order valence-electron chi connectivity index (χ3n) is 5.51. The lowest BCUT2D eigenvalue weighted by atomic mass is 10.2. The predicted octanol–water partition coefficient (Wildman–Crippen LogP) is 2.15. The SMILES string of the molecule is COc1ccc(C)cc1NC(=O)CN1C(=O)COc2ccc(S(=O)(=O)N3CCCC3)cc21. The number of methoxy groups -OCH3 is 1. The maximum absolute atomic E-state index is 13.0. The summed E-state index contributed by atoms with van der Waals surface area (Å²) in [5, 5.41) is 2.77. The van der Waals surface area contributed by atoms with Crippen molar-refractivity contribution >= 4 is 33.2 Å². The van der Waals surface area contributed by atoms with Crippen LogP contribution >= 0.6 is 0 Å². The van der Waals surface area contributed by atoms with E-state index in [1.165, 1.54) is 34.5 Å². The zero-order chi connectivity index (χ0) is 22.9. The Morgan fingerprint density at radius 3 is 2.62 bits per heavy atom. The van der Waals surface area contributed by atoms with E-state index < -0.39 is 21.8 Å². The van der Waals surface area contributed by atoms with Gasteiger partial charge in [-0.05, 0) is 55.7 Å². The maximum atomic E-state index is 13.0. The minimum atomic E-state index is -3.68. The molecule has 0 aromatic heterocycles. The normalized spacial score (nSPS) is 16.4. The van der Waals surface area contributed by atoms with Gasteiger partial charge in [0.05, 0.1) is 23.4 Å². The summed E-state index contributed by atoms with van der Waals surface area (Å²) in [6, 6.07) is 9.78. The first-order valence-corrected chi connectivity index (χ1v) is 11.8. The highest BCUT2D eigenvalue weighted by Crippen LogP contribution is 2.35. The van der Waals surface area contributed by atoms with Gasteiger partial charge in [0.25, 0.3) is 5.91 Å². The first kappa shape index (κ1) is 22.1. The third-order valence-corrected chi connectivity index (χ3v) is 7.40. The second kappa shape index (κ2) is 8.79. The van der Waals surface area contributed by atoms with Crippen molar-refractivity contribution in [3.05, 3.63) is 42.0 Å². The quantitative estimate of drug-likeness (QED) is 0.710. The van der Waals surface area contributed by atoms with Gasteiger partial charge in [-0.1, -0.05) is 6.07 Å². The monoisotopic (exact) mass is 459 g/mol. The lowest BCUT2D eigenvalue weighted by Crippen LogP contribution is -2.43. The molecule has 0 spiro atoms. The predicted molar refractivity (Wildman–Crippen MR) is 119 cm³/mol. The molecule has 170 valence electrons. The van der Waals surface area contributed by atoms with Gasteiger partial charge in [0.15, 0.2) is 6.61 Å². The minimum Gasteiger partial charge on any atom is -0.495 e. The lowest BCUT2D eigenvalue weighted by Gasteiger charge is -2.29. The number of nitrogens with zero attached hydrogens (tertiary/aromatic N) is 2. The molecule has 1 saturated heterocycles. The largest absolute Gasteiger partial charge is 0.495 e. The van der Waals surface area contributed by atoms with E-state index in [2.05, 4.69) is 5.32 Å². The van der Waals surface area contributed by atoms with Crippen molar-refractivity contribution < 1.29 is 27.5 Å². The Balaban J connectivity index is 1.60. The number of fused-ring (bicyclic) bond motifs is 1. The number of benzene rings is 2. The molecule has 1 N–H and O–H groups in total. The maximum Gasteiger partial charge on any atom is 0.265 e. The molecule has 0 unspecified atom stereocenters. The van der Waals surface area contributed by atoms with Crippen LogP contribution in [-0.2, 0) is 19.6 Å². The van der Waals surface area contributed by atoms with Crippen LogP contribution in [-0.4, -0.2) is 57.9 Å². The lowest BCUT2D eigenvalue weighted by molar-refractivity contribution is -0.123. The Bertz CT molecular complexity index is 1160. The first-order chi connectivity index (χ1) is 15.3. The Hall–Kier alpha value is -3.11. The molecule has 2 aliphatic rings. The standard InChI is InChI=1S/C22H25N3O6S/c1-15-5-7-19(30-2)17(11-15)23-21(26)13-25-18-12-16(6-8-20(18)31-14-22(25)27)32(28,29)24-9-3-4-10-24/h5-8,11-12H,3-4,9-10,13-14H2,1-2H3,(H,23,26). The number of nitrogens with one attached hydrogen (secondary N) is 1. The van der Waals surface area contributed by atoms with Crippen molar-refractivity contribution in [2.75, 3.05) is 43.6 Å². The fourth-order valence-corrected chi connectivity index (χ4v) is 5.38. The van der Waals surface area contributed by atoms with Crippen LogP contribution in [0.1, 0.15) is 18.4 Å². The molecule has 0 aliphatic carbocycles. The fourth-order valence-electron chi connectivity index (χ4n) is 3.85. The van der Waals surface area contributed by atoms with Crippen molar-refractivity contribution in [1.82, 2.24) is 4.31 Å². The summed E-state index contributed by atoms with van der Waals surface area (Å²) < 4.78 is 38.1. The Kier molecular flexibility index (Phi) is 6.07. The van der Waals surface area contributed by atoms with E-state index in [4.69, 9.17) is 9.47 Å². The summed E-state index contributed by atoms with van der Waals surface area (Å²) >= 11 is 0. The summed E-state index contributed by atoms with van der Waals surface area (Å²) in [6.07, 6.45) is 1.64. The highest BCUT2D eigenvalue weighted by atomic mass is 32.2. The van der Waals surface area contributed by atoms with Crippen molar-refractivity contribution in [2.24, 2.45) is 0 Å². The van der Waals surface area contributed by atoms with Crippen LogP contribution in [0.25, 0.3) is 0 Å². The molecule has 0 bridgehead atoms. The van der Waals surface area contributed by atoms with E-state index >= 15 is 0 Å². The average Bonchev–Trinajstić information content (AvgIpc) is 3.31. The number of anilines is 2.